The average molecular weight is 348 g/mol. The summed E-state index contributed by atoms with van der Waals surface area (Å²) in [6, 6.07) is 3.41. The van der Waals surface area contributed by atoms with Gasteiger partial charge in [0.05, 0.1) is 5.02 Å². The van der Waals surface area contributed by atoms with Crippen LogP contribution < -0.4 is 5.32 Å². The zero-order valence-corrected chi connectivity index (χ0v) is 14.4. The summed E-state index contributed by atoms with van der Waals surface area (Å²) in [5, 5.41) is 3.06. The van der Waals surface area contributed by atoms with Gasteiger partial charge < -0.3 is 4.74 Å². The van der Waals surface area contributed by atoms with Crippen LogP contribution >= 0.6 is 11.6 Å². The first-order valence-electron chi connectivity index (χ1n) is 7.31. The van der Waals surface area contributed by atoms with Crippen molar-refractivity contribution < 1.29 is 14.3 Å². The second kappa shape index (κ2) is 7.40. The van der Waals surface area contributed by atoms with Crippen LogP contribution in [0.25, 0.3) is 0 Å². The van der Waals surface area contributed by atoms with Gasteiger partial charge in [-0.25, -0.2) is 9.78 Å². The number of anilines is 1. The summed E-state index contributed by atoms with van der Waals surface area (Å²) in [7, 11) is 0. The molecule has 2 rings (SSSR count). The highest BCUT2D eigenvalue weighted by Gasteiger charge is 2.17. The molecule has 0 atom stereocenters. The third-order valence-corrected chi connectivity index (χ3v) is 3.36. The Morgan fingerprint density at radius 2 is 2.08 bits per heavy atom. The van der Waals surface area contributed by atoms with Crippen molar-refractivity contribution in [3.8, 4) is 0 Å². The molecule has 24 heavy (non-hydrogen) atoms. The highest BCUT2D eigenvalue weighted by molar-refractivity contribution is 6.31. The highest BCUT2D eigenvalue weighted by atomic mass is 35.5. The van der Waals surface area contributed by atoms with Crippen molar-refractivity contribution >= 4 is 29.8 Å². The number of nitrogens with zero attached hydrogens (tertiary/aromatic N) is 2. The monoisotopic (exact) mass is 347 g/mol. The predicted octanol–water partition coefficient (Wildman–Crippen LogP) is 3.88. The topological polar surface area (TPSA) is 81.2 Å². The first-order chi connectivity index (χ1) is 11.3. The molecule has 0 fully saturated rings. The molecule has 0 saturated carbocycles. The van der Waals surface area contributed by atoms with Crippen molar-refractivity contribution in [3.05, 3.63) is 52.4 Å². The minimum Gasteiger partial charge on any atom is -0.444 e. The molecule has 0 aliphatic carbocycles. The van der Waals surface area contributed by atoms with Crippen molar-refractivity contribution in [1.82, 2.24) is 9.97 Å². The molecule has 1 N–H and O–H groups in total. The summed E-state index contributed by atoms with van der Waals surface area (Å²) >= 11 is 6.11. The van der Waals surface area contributed by atoms with Crippen molar-refractivity contribution in [2.24, 2.45) is 0 Å². The summed E-state index contributed by atoms with van der Waals surface area (Å²) in [6.45, 7) is 5.31. The van der Waals surface area contributed by atoms with Crippen LogP contribution in [-0.2, 0) is 11.2 Å². The maximum Gasteiger partial charge on any atom is 0.413 e. The molecule has 0 unspecified atom stereocenters. The number of aromatic nitrogens is 2. The number of halogens is 1. The van der Waals surface area contributed by atoms with Gasteiger partial charge in [0.2, 0.25) is 0 Å². The molecular weight excluding hydrogens is 330 g/mol. The van der Waals surface area contributed by atoms with Crippen LogP contribution in [-0.4, -0.2) is 27.9 Å². The number of hydrogen-bond donors (Lipinski definition) is 1. The molecule has 0 saturated heterocycles. The van der Waals surface area contributed by atoms with E-state index < -0.39 is 11.7 Å². The number of amides is 1. The van der Waals surface area contributed by atoms with Gasteiger partial charge in [-0.3, -0.25) is 15.1 Å². The van der Waals surface area contributed by atoms with Gasteiger partial charge in [0, 0.05) is 24.2 Å². The zero-order valence-electron chi connectivity index (χ0n) is 13.7. The number of aldehydes is 1. The Kier molecular flexibility index (Phi) is 5.51. The molecule has 6 nitrogen and oxygen atoms in total. The second-order valence-electron chi connectivity index (χ2n) is 6.16. The van der Waals surface area contributed by atoms with Crippen molar-refractivity contribution in [2.45, 2.75) is 32.8 Å². The van der Waals surface area contributed by atoms with E-state index in [0.29, 0.717) is 34.7 Å². The number of carbonyl (C=O) groups excluding carboxylic acids is 2. The third-order valence-electron chi connectivity index (χ3n) is 3.02. The largest absolute Gasteiger partial charge is 0.444 e. The van der Waals surface area contributed by atoms with Gasteiger partial charge in [-0.1, -0.05) is 11.6 Å². The number of carbonyl (C=O) groups is 2. The first-order valence-corrected chi connectivity index (χ1v) is 7.69. The Morgan fingerprint density at radius 1 is 1.33 bits per heavy atom. The Balaban J connectivity index is 2.23. The lowest BCUT2D eigenvalue weighted by Gasteiger charge is -2.19. The predicted molar refractivity (Wildman–Crippen MR) is 91.5 cm³/mol. The SMILES string of the molecule is CC(C)(C)OC(=O)Nc1cc(Cc2ccncc2Cl)c(C=O)cn1. The molecule has 2 aromatic heterocycles. The molecule has 2 heterocycles. The second-order valence-corrected chi connectivity index (χ2v) is 6.56. The molecule has 0 aromatic carbocycles. The van der Waals surface area contributed by atoms with Gasteiger partial charge in [0.25, 0.3) is 0 Å². The molecular formula is C17H18ClN3O3. The van der Waals surface area contributed by atoms with E-state index in [1.165, 1.54) is 6.20 Å². The van der Waals surface area contributed by atoms with Gasteiger partial charge >= 0.3 is 6.09 Å². The molecule has 7 heteroatoms. The summed E-state index contributed by atoms with van der Waals surface area (Å²) < 4.78 is 5.19. The average Bonchev–Trinajstić information content (AvgIpc) is 2.48. The quantitative estimate of drug-likeness (QED) is 0.849. The summed E-state index contributed by atoms with van der Waals surface area (Å²) in [6.07, 6.45) is 5.10. The van der Waals surface area contributed by atoms with Crippen LogP contribution in [0.5, 0.6) is 0 Å². The summed E-state index contributed by atoms with van der Waals surface area (Å²) in [5.41, 5.74) is 1.33. The zero-order chi connectivity index (χ0) is 17.7. The van der Waals surface area contributed by atoms with E-state index in [2.05, 4.69) is 15.3 Å². The van der Waals surface area contributed by atoms with Crippen LogP contribution in [0.1, 0.15) is 42.3 Å². The minimum absolute atomic E-state index is 0.301. The number of rotatable bonds is 4. The number of nitrogens with one attached hydrogen (secondary N) is 1. The number of ether oxygens (including phenoxy) is 1. The van der Waals surface area contributed by atoms with Crippen LogP contribution in [0.4, 0.5) is 10.6 Å². The molecule has 2 aromatic rings. The third kappa shape index (κ3) is 5.03. The normalized spacial score (nSPS) is 11.0. The lowest BCUT2D eigenvalue weighted by molar-refractivity contribution is 0.0635. The Labute approximate surface area is 145 Å². The Bertz CT molecular complexity index is 757. The Morgan fingerprint density at radius 3 is 2.71 bits per heavy atom. The lowest BCUT2D eigenvalue weighted by atomic mass is 10.0. The Hall–Kier alpha value is -2.47. The van der Waals surface area contributed by atoms with Crippen LogP contribution in [0.2, 0.25) is 5.02 Å². The smallest absolute Gasteiger partial charge is 0.413 e. The minimum atomic E-state index is -0.611. The summed E-state index contributed by atoms with van der Waals surface area (Å²) in [5.74, 6) is 0.301. The van der Waals surface area contributed by atoms with Gasteiger partial charge in [-0.05, 0) is 50.5 Å². The fraction of sp³-hybridized carbons (Fsp3) is 0.294. The van der Waals surface area contributed by atoms with E-state index >= 15 is 0 Å². The summed E-state index contributed by atoms with van der Waals surface area (Å²) in [4.78, 5) is 31.0. The van der Waals surface area contributed by atoms with Gasteiger partial charge in [0.15, 0.2) is 6.29 Å². The molecule has 0 spiro atoms. The van der Waals surface area contributed by atoms with Crippen LogP contribution in [0, 0.1) is 0 Å². The van der Waals surface area contributed by atoms with E-state index in [1.54, 1.807) is 45.3 Å². The van der Waals surface area contributed by atoms with Gasteiger partial charge in [0.1, 0.15) is 11.4 Å². The lowest BCUT2D eigenvalue weighted by Crippen LogP contribution is -2.27. The maximum atomic E-state index is 11.8. The number of pyridine rings is 2. The fourth-order valence-electron chi connectivity index (χ4n) is 2.00. The molecule has 0 bridgehead atoms. The van der Waals surface area contributed by atoms with E-state index in [-0.39, 0.29) is 0 Å². The van der Waals surface area contributed by atoms with E-state index in [1.807, 2.05) is 0 Å². The van der Waals surface area contributed by atoms with Crippen molar-refractivity contribution in [3.63, 3.8) is 0 Å². The molecule has 126 valence electrons. The van der Waals surface area contributed by atoms with E-state index in [0.717, 1.165) is 5.56 Å². The maximum absolute atomic E-state index is 11.8. The fourth-order valence-corrected chi connectivity index (χ4v) is 2.18. The first kappa shape index (κ1) is 17.9. The van der Waals surface area contributed by atoms with Crippen molar-refractivity contribution in [2.75, 3.05) is 5.32 Å². The van der Waals surface area contributed by atoms with E-state index in [4.69, 9.17) is 16.3 Å². The number of hydrogen-bond acceptors (Lipinski definition) is 5. The van der Waals surface area contributed by atoms with Crippen LogP contribution in [0.3, 0.4) is 0 Å². The van der Waals surface area contributed by atoms with Gasteiger partial charge in [-0.15, -0.1) is 0 Å². The molecule has 0 aliphatic rings. The standard InChI is InChI=1S/C17H18ClN3O3/c1-17(2,3)24-16(23)21-15-7-12(13(10-22)8-20-15)6-11-4-5-19-9-14(11)18/h4-5,7-10H,6H2,1-3H3,(H,20,21,23). The van der Waals surface area contributed by atoms with Gasteiger partial charge in [-0.2, -0.15) is 0 Å². The van der Waals surface area contributed by atoms with Crippen molar-refractivity contribution in [1.29, 1.82) is 0 Å². The highest BCUT2D eigenvalue weighted by Crippen LogP contribution is 2.21. The molecule has 0 radical (unpaired) electrons. The van der Waals surface area contributed by atoms with E-state index in [9.17, 15) is 9.59 Å². The van der Waals surface area contributed by atoms with Crippen LogP contribution in [0.15, 0.2) is 30.7 Å². The molecule has 1 amide bonds. The molecule has 0 aliphatic heterocycles.